The molecule has 4 rings (SSSR count). The minimum Gasteiger partial charge on any atom is -0.497 e. The summed E-state index contributed by atoms with van der Waals surface area (Å²) < 4.78 is 7.15. The van der Waals surface area contributed by atoms with E-state index in [0.717, 1.165) is 29.0 Å². The zero-order valence-corrected chi connectivity index (χ0v) is 19.4. The number of methoxy groups -OCH3 is 1. The molecule has 2 aromatic carbocycles. The molecule has 0 spiro atoms. The molecule has 1 N–H and O–H groups in total. The molecule has 2 aromatic heterocycles. The van der Waals surface area contributed by atoms with Gasteiger partial charge in [-0.05, 0) is 53.9 Å². The van der Waals surface area contributed by atoms with E-state index in [0.29, 0.717) is 17.5 Å². The summed E-state index contributed by atoms with van der Waals surface area (Å²) in [6.45, 7) is 2.58. The molecule has 0 aliphatic rings. The van der Waals surface area contributed by atoms with Crippen molar-refractivity contribution in [2.45, 2.75) is 25.0 Å². The van der Waals surface area contributed by atoms with Gasteiger partial charge in [-0.15, -0.1) is 10.2 Å². The molecule has 0 fully saturated rings. The second kappa shape index (κ2) is 10.8. The average Bonchev–Trinajstić information content (AvgIpc) is 3.31. The second-order valence-electron chi connectivity index (χ2n) is 7.31. The van der Waals surface area contributed by atoms with E-state index < -0.39 is 0 Å². The van der Waals surface area contributed by atoms with Crippen molar-refractivity contribution in [1.29, 1.82) is 0 Å². The van der Waals surface area contributed by atoms with Crippen LogP contribution in [-0.4, -0.2) is 38.5 Å². The van der Waals surface area contributed by atoms with Gasteiger partial charge in [-0.25, -0.2) is 0 Å². The van der Waals surface area contributed by atoms with Crippen LogP contribution in [0.2, 0.25) is 0 Å². The Balaban J connectivity index is 1.49. The van der Waals surface area contributed by atoms with Gasteiger partial charge in [0.2, 0.25) is 5.91 Å². The quantitative estimate of drug-likeness (QED) is 0.376. The van der Waals surface area contributed by atoms with Crippen LogP contribution in [0.15, 0.2) is 78.2 Å². The van der Waals surface area contributed by atoms with E-state index >= 15 is 0 Å². The molecule has 1 amide bonds. The van der Waals surface area contributed by atoms with Crippen molar-refractivity contribution in [2.24, 2.45) is 0 Å². The lowest BCUT2D eigenvalue weighted by molar-refractivity contribution is -0.118. The number of ether oxygens (including phenoxy) is 1. The number of aromatic nitrogens is 4. The Labute approximate surface area is 197 Å². The lowest BCUT2D eigenvalue weighted by Crippen LogP contribution is -2.24. The number of benzene rings is 2. The Morgan fingerprint density at radius 3 is 2.33 bits per heavy atom. The van der Waals surface area contributed by atoms with Crippen molar-refractivity contribution in [3.05, 3.63) is 84.2 Å². The molecule has 4 aromatic rings. The highest BCUT2D eigenvalue weighted by atomic mass is 32.2. The van der Waals surface area contributed by atoms with Crippen LogP contribution in [0.3, 0.4) is 0 Å². The van der Waals surface area contributed by atoms with E-state index in [1.165, 1.54) is 17.3 Å². The predicted molar refractivity (Wildman–Crippen MR) is 130 cm³/mol. The minimum absolute atomic E-state index is 0.0721. The number of rotatable bonds is 9. The first kappa shape index (κ1) is 22.5. The third-order valence-electron chi connectivity index (χ3n) is 5.16. The standard InChI is InChI=1S/C25H25N5O2S/c1-3-18-4-8-21(9-5-18)30-24(20-12-14-26-15-13-20)28-29-25(30)33-17-23(31)27-16-19-6-10-22(32-2)11-7-19/h4-15H,3,16-17H2,1-2H3,(H,27,31). The van der Waals surface area contributed by atoms with Crippen molar-refractivity contribution in [3.63, 3.8) is 0 Å². The van der Waals surface area contributed by atoms with Gasteiger partial charge in [-0.2, -0.15) is 0 Å². The fourth-order valence-electron chi connectivity index (χ4n) is 3.29. The van der Waals surface area contributed by atoms with Crippen LogP contribution in [0.5, 0.6) is 5.75 Å². The Kier molecular flexibility index (Phi) is 7.36. The number of amides is 1. The van der Waals surface area contributed by atoms with Crippen molar-refractivity contribution in [3.8, 4) is 22.8 Å². The number of carbonyl (C=O) groups is 1. The summed E-state index contributed by atoms with van der Waals surface area (Å²) in [5.74, 6) is 1.66. The fraction of sp³-hybridized carbons (Fsp3) is 0.200. The molecule has 0 bridgehead atoms. The van der Waals surface area contributed by atoms with Gasteiger partial charge in [0, 0.05) is 30.2 Å². The third kappa shape index (κ3) is 5.59. The molecule has 0 saturated heterocycles. The number of hydrogen-bond acceptors (Lipinski definition) is 6. The number of pyridine rings is 1. The summed E-state index contributed by atoms with van der Waals surface area (Å²) in [4.78, 5) is 16.6. The number of aryl methyl sites for hydroxylation is 1. The average molecular weight is 460 g/mol. The number of thioether (sulfide) groups is 1. The van der Waals surface area contributed by atoms with Crippen molar-refractivity contribution < 1.29 is 9.53 Å². The van der Waals surface area contributed by atoms with Crippen LogP contribution in [0, 0.1) is 0 Å². The highest BCUT2D eigenvalue weighted by Gasteiger charge is 2.17. The topological polar surface area (TPSA) is 81.9 Å². The lowest BCUT2D eigenvalue weighted by Gasteiger charge is -2.11. The van der Waals surface area contributed by atoms with Gasteiger partial charge >= 0.3 is 0 Å². The summed E-state index contributed by atoms with van der Waals surface area (Å²) in [5.41, 5.74) is 4.12. The monoisotopic (exact) mass is 459 g/mol. The summed E-state index contributed by atoms with van der Waals surface area (Å²) in [7, 11) is 1.63. The molecule has 8 heteroatoms. The second-order valence-corrected chi connectivity index (χ2v) is 8.25. The molecule has 0 atom stereocenters. The van der Waals surface area contributed by atoms with Gasteiger partial charge in [0.15, 0.2) is 11.0 Å². The Hall–Kier alpha value is -3.65. The van der Waals surface area contributed by atoms with Crippen LogP contribution in [-0.2, 0) is 17.8 Å². The summed E-state index contributed by atoms with van der Waals surface area (Å²) in [6, 6.07) is 19.7. The van der Waals surface area contributed by atoms with Crippen LogP contribution in [0.1, 0.15) is 18.1 Å². The molecule has 7 nitrogen and oxygen atoms in total. The van der Waals surface area contributed by atoms with Crippen LogP contribution >= 0.6 is 11.8 Å². The minimum atomic E-state index is -0.0721. The van der Waals surface area contributed by atoms with Gasteiger partial charge in [0.05, 0.1) is 12.9 Å². The van der Waals surface area contributed by atoms with Gasteiger partial charge < -0.3 is 10.1 Å². The zero-order chi connectivity index (χ0) is 23.0. The highest BCUT2D eigenvalue weighted by molar-refractivity contribution is 7.99. The largest absolute Gasteiger partial charge is 0.497 e. The van der Waals surface area contributed by atoms with E-state index in [9.17, 15) is 4.79 Å². The van der Waals surface area contributed by atoms with E-state index in [-0.39, 0.29) is 11.7 Å². The SMILES string of the molecule is CCc1ccc(-n2c(SCC(=O)NCc3ccc(OC)cc3)nnc2-c2ccncc2)cc1. The number of nitrogens with zero attached hydrogens (tertiary/aromatic N) is 4. The van der Waals surface area contributed by atoms with Gasteiger partial charge in [-0.3, -0.25) is 14.3 Å². The van der Waals surface area contributed by atoms with Crippen molar-refractivity contribution in [1.82, 2.24) is 25.1 Å². The molecule has 0 unspecified atom stereocenters. The van der Waals surface area contributed by atoms with Crippen LogP contribution < -0.4 is 10.1 Å². The first-order chi connectivity index (χ1) is 16.2. The third-order valence-corrected chi connectivity index (χ3v) is 6.08. The van der Waals surface area contributed by atoms with Gasteiger partial charge in [-0.1, -0.05) is 43.0 Å². The normalized spacial score (nSPS) is 10.7. The van der Waals surface area contributed by atoms with E-state index in [2.05, 4.69) is 51.7 Å². The first-order valence-electron chi connectivity index (χ1n) is 10.7. The van der Waals surface area contributed by atoms with Gasteiger partial charge in [0.1, 0.15) is 5.75 Å². The molecule has 0 aliphatic carbocycles. The number of carbonyl (C=O) groups excluding carboxylic acids is 1. The van der Waals surface area contributed by atoms with Crippen LogP contribution in [0.25, 0.3) is 17.1 Å². The van der Waals surface area contributed by atoms with Crippen LogP contribution in [0.4, 0.5) is 0 Å². The van der Waals surface area contributed by atoms with E-state index in [4.69, 9.17) is 4.74 Å². The lowest BCUT2D eigenvalue weighted by atomic mass is 10.1. The molecule has 33 heavy (non-hydrogen) atoms. The maximum absolute atomic E-state index is 12.5. The molecule has 0 radical (unpaired) electrons. The fourth-order valence-corrected chi connectivity index (χ4v) is 4.07. The zero-order valence-electron chi connectivity index (χ0n) is 18.6. The summed E-state index contributed by atoms with van der Waals surface area (Å²) >= 11 is 1.36. The highest BCUT2D eigenvalue weighted by Crippen LogP contribution is 2.28. The number of hydrogen-bond donors (Lipinski definition) is 1. The van der Waals surface area contributed by atoms with Crippen molar-refractivity contribution >= 4 is 17.7 Å². The van der Waals surface area contributed by atoms with E-state index in [1.807, 2.05) is 41.0 Å². The Bertz CT molecular complexity index is 1190. The first-order valence-corrected chi connectivity index (χ1v) is 11.6. The molecule has 2 heterocycles. The maximum Gasteiger partial charge on any atom is 0.230 e. The molecular weight excluding hydrogens is 434 g/mol. The molecule has 0 saturated carbocycles. The molecule has 168 valence electrons. The maximum atomic E-state index is 12.5. The smallest absolute Gasteiger partial charge is 0.230 e. The summed E-state index contributed by atoms with van der Waals surface area (Å²) in [5, 5.41) is 12.4. The predicted octanol–water partition coefficient (Wildman–Crippen LogP) is 4.31. The van der Waals surface area contributed by atoms with Crippen molar-refractivity contribution in [2.75, 3.05) is 12.9 Å². The Morgan fingerprint density at radius 1 is 0.970 bits per heavy atom. The van der Waals surface area contributed by atoms with E-state index in [1.54, 1.807) is 19.5 Å². The molecular formula is C25H25N5O2S. The van der Waals surface area contributed by atoms with Gasteiger partial charge in [0.25, 0.3) is 0 Å². The number of nitrogens with one attached hydrogen (secondary N) is 1. The summed E-state index contributed by atoms with van der Waals surface area (Å²) in [6.07, 6.45) is 4.43. The molecule has 0 aliphatic heterocycles. The Morgan fingerprint density at radius 2 is 1.67 bits per heavy atom.